The van der Waals surface area contributed by atoms with Crippen LogP contribution < -0.4 is 10.1 Å². The van der Waals surface area contributed by atoms with Crippen LogP contribution in [0.25, 0.3) is 11.1 Å². The van der Waals surface area contributed by atoms with Crippen molar-refractivity contribution in [2.24, 2.45) is 0 Å². The molecule has 0 aliphatic carbocycles. The fourth-order valence-corrected chi connectivity index (χ4v) is 5.93. The maximum atomic E-state index is 12.6. The number of nitrogens with zero attached hydrogens (tertiary/aromatic N) is 1. The molecule has 0 radical (unpaired) electrons. The molecular weight excluding hydrogens is 446 g/mol. The van der Waals surface area contributed by atoms with Gasteiger partial charge < -0.3 is 19.4 Å². The van der Waals surface area contributed by atoms with Gasteiger partial charge in [0.05, 0.1) is 18.0 Å². The smallest absolute Gasteiger partial charge is 0.347 e. The highest BCUT2D eigenvalue weighted by molar-refractivity contribution is 8.14. The molecule has 0 fully saturated rings. The van der Waals surface area contributed by atoms with Crippen LogP contribution in [0.5, 0.6) is 0 Å². The van der Waals surface area contributed by atoms with Crippen molar-refractivity contribution >= 4 is 38.5 Å². The van der Waals surface area contributed by atoms with E-state index in [9.17, 15) is 13.6 Å². The van der Waals surface area contributed by atoms with Crippen LogP contribution in [0.4, 0.5) is 5.69 Å². The zero-order chi connectivity index (χ0) is 23.1. The van der Waals surface area contributed by atoms with Gasteiger partial charge in [0.15, 0.2) is 0 Å². The normalized spacial score (nSPS) is 17.2. The number of hydrazine groups is 1. The van der Waals surface area contributed by atoms with Crippen molar-refractivity contribution in [1.29, 1.82) is 0 Å². The molecule has 7 nitrogen and oxygen atoms in total. The van der Waals surface area contributed by atoms with Crippen molar-refractivity contribution in [3.05, 3.63) is 66.4 Å². The van der Waals surface area contributed by atoms with E-state index >= 15 is 0 Å². The SMILES string of the molecule is C=C1NN(CCCC)S(Cc2ccc(-c3ccccc3NS(=O)[O-])cc2)=C1C(=O)OCC. The van der Waals surface area contributed by atoms with Gasteiger partial charge in [0.2, 0.25) is 0 Å². The quantitative estimate of drug-likeness (QED) is 0.233. The van der Waals surface area contributed by atoms with Crippen molar-refractivity contribution in [3.63, 3.8) is 0 Å². The Morgan fingerprint density at radius 1 is 1.22 bits per heavy atom. The number of hydrogen-bond acceptors (Lipinski definition) is 6. The molecule has 2 N–H and O–H groups in total. The van der Waals surface area contributed by atoms with E-state index in [4.69, 9.17) is 4.74 Å². The highest BCUT2D eigenvalue weighted by Crippen LogP contribution is 2.35. The molecule has 0 aromatic heterocycles. The third-order valence-corrected chi connectivity index (χ3v) is 7.58. The Morgan fingerprint density at radius 2 is 1.94 bits per heavy atom. The average Bonchev–Trinajstić information content (AvgIpc) is 3.08. The summed E-state index contributed by atoms with van der Waals surface area (Å²) in [4.78, 5) is 13.2. The van der Waals surface area contributed by atoms with Crippen molar-refractivity contribution in [2.45, 2.75) is 32.4 Å². The Labute approximate surface area is 194 Å². The number of carbonyl (C=O) groups excluding carboxylic acids is 1. The zero-order valence-electron chi connectivity index (χ0n) is 18.3. The largest absolute Gasteiger partial charge is 0.755 e. The van der Waals surface area contributed by atoms with E-state index in [0.717, 1.165) is 36.1 Å². The van der Waals surface area contributed by atoms with Gasteiger partial charge in [0, 0.05) is 29.1 Å². The molecule has 1 aliphatic heterocycles. The fourth-order valence-electron chi connectivity index (χ4n) is 3.39. The summed E-state index contributed by atoms with van der Waals surface area (Å²) in [6.07, 6.45) is 2.05. The van der Waals surface area contributed by atoms with Crippen LogP contribution in [0.2, 0.25) is 0 Å². The summed E-state index contributed by atoms with van der Waals surface area (Å²) in [6, 6.07) is 15.2. The van der Waals surface area contributed by atoms with E-state index in [1.54, 1.807) is 19.1 Å². The molecule has 0 amide bonds. The van der Waals surface area contributed by atoms with Crippen molar-refractivity contribution in [3.8, 4) is 11.1 Å². The molecule has 2 aromatic carbocycles. The van der Waals surface area contributed by atoms with Gasteiger partial charge in [-0.2, -0.15) is 4.41 Å². The number of esters is 1. The minimum atomic E-state index is -2.40. The number of para-hydroxylation sites is 1. The molecule has 2 aromatic rings. The van der Waals surface area contributed by atoms with Gasteiger partial charge in [0.1, 0.15) is 4.86 Å². The van der Waals surface area contributed by atoms with Crippen LogP contribution in [0, 0.1) is 0 Å². The third kappa shape index (κ3) is 5.86. The van der Waals surface area contributed by atoms with E-state index in [-0.39, 0.29) is 5.97 Å². The van der Waals surface area contributed by atoms with Gasteiger partial charge >= 0.3 is 5.97 Å². The maximum Gasteiger partial charge on any atom is 0.347 e. The first-order valence-corrected chi connectivity index (χ1v) is 12.9. The zero-order valence-corrected chi connectivity index (χ0v) is 19.9. The average molecular weight is 475 g/mol. The maximum absolute atomic E-state index is 12.6. The summed E-state index contributed by atoms with van der Waals surface area (Å²) in [5, 5.41) is 0. The first kappa shape index (κ1) is 24.2. The molecule has 172 valence electrons. The number of ether oxygens (including phenoxy) is 1. The lowest BCUT2D eigenvalue weighted by molar-refractivity contribution is -0.134. The molecule has 0 saturated heterocycles. The molecule has 2 atom stereocenters. The fraction of sp³-hybridized carbons (Fsp3) is 0.304. The van der Waals surface area contributed by atoms with Crippen LogP contribution >= 0.6 is 10.7 Å². The van der Waals surface area contributed by atoms with Gasteiger partial charge in [-0.15, -0.1) is 0 Å². The van der Waals surface area contributed by atoms with Crippen molar-refractivity contribution in [1.82, 2.24) is 9.84 Å². The van der Waals surface area contributed by atoms with Crippen molar-refractivity contribution < 1.29 is 18.3 Å². The Balaban J connectivity index is 1.88. The molecular formula is C23H28N3O4S2-. The predicted octanol–water partition coefficient (Wildman–Crippen LogP) is 4.11. The van der Waals surface area contributed by atoms with E-state index in [1.165, 1.54) is 0 Å². The Kier molecular flexibility index (Phi) is 8.63. The third-order valence-electron chi connectivity index (χ3n) is 4.90. The number of benzene rings is 2. The summed E-state index contributed by atoms with van der Waals surface area (Å²) in [5.74, 6) is 0.323. The monoisotopic (exact) mass is 474 g/mol. The van der Waals surface area contributed by atoms with Gasteiger partial charge in [0.25, 0.3) is 0 Å². The first-order chi connectivity index (χ1) is 15.4. The molecule has 0 spiro atoms. The molecule has 2 unspecified atom stereocenters. The molecule has 0 saturated carbocycles. The summed E-state index contributed by atoms with van der Waals surface area (Å²) < 4.78 is 32.0. The molecule has 32 heavy (non-hydrogen) atoms. The lowest BCUT2D eigenvalue weighted by Crippen LogP contribution is -2.29. The van der Waals surface area contributed by atoms with Crippen LogP contribution in [0.15, 0.2) is 60.8 Å². The number of nitrogens with one attached hydrogen (secondary N) is 2. The summed E-state index contributed by atoms with van der Waals surface area (Å²) in [5.41, 5.74) is 7.14. The minimum Gasteiger partial charge on any atom is -0.755 e. The van der Waals surface area contributed by atoms with Gasteiger partial charge in [-0.05, 0) is 30.5 Å². The summed E-state index contributed by atoms with van der Waals surface area (Å²) in [7, 11) is -0.509. The van der Waals surface area contributed by atoms with Gasteiger partial charge in [-0.1, -0.05) is 73.1 Å². The molecule has 0 bridgehead atoms. The Hall–Kier alpha value is -2.46. The lowest BCUT2D eigenvalue weighted by atomic mass is 10.0. The Morgan fingerprint density at radius 3 is 2.59 bits per heavy atom. The van der Waals surface area contributed by atoms with Gasteiger partial charge in [-0.25, -0.2) is 4.79 Å². The highest BCUT2D eigenvalue weighted by atomic mass is 32.2. The van der Waals surface area contributed by atoms with Crippen LogP contribution in [-0.4, -0.2) is 37.2 Å². The lowest BCUT2D eigenvalue weighted by Gasteiger charge is -2.21. The van der Waals surface area contributed by atoms with E-state index in [1.807, 2.05) is 36.4 Å². The number of hydrogen-bond donors (Lipinski definition) is 2. The minimum absolute atomic E-state index is 0.318. The van der Waals surface area contributed by atoms with Crippen molar-refractivity contribution in [2.75, 3.05) is 17.9 Å². The second kappa shape index (κ2) is 11.4. The van der Waals surface area contributed by atoms with Gasteiger partial charge in [-0.3, -0.25) is 4.21 Å². The van der Waals surface area contributed by atoms with Crippen LogP contribution in [0.1, 0.15) is 32.3 Å². The number of unbranched alkanes of at least 4 members (excludes halogenated alkanes) is 1. The molecule has 1 aliphatic rings. The predicted molar refractivity (Wildman–Crippen MR) is 131 cm³/mol. The van der Waals surface area contributed by atoms with Crippen LogP contribution in [0.3, 0.4) is 0 Å². The number of anilines is 1. The molecule has 9 heteroatoms. The van der Waals surface area contributed by atoms with E-state index in [2.05, 4.69) is 28.1 Å². The summed E-state index contributed by atoms with van der Waals surface area (Å²) >= 11 is -2.40. The second-order valence-corrected chi connectivity index (χ2v) is 9.72. The molecule has 3 rings (SSSR count). The second-order valence-electron chi connectivity index (χ2n) is 7.18. The molecule has 1 heterocycles. The number of carbonyl (C=O) groups is 1. The standard InChI is InChI=1S/C23H29N3O4S2/c1-4-6-15-26-24-17(3)22(23(27)30-5-2)31(26)16-18-11-13-19(14-12-18)20-9-7-8-10-21(20)25-32(28)29/h7-14,24-25H,3-6,15-16H2,1-2H3,(H,28,29)/p-1. The van der Waals surface area contributed by atoms with E-state index in [0.29, 0.717) is 28.6 Å². The highest BCUT2D eigenvalue weighted by Gasteiger charge is 2.30. The Bertz CT molecular complexity index is 1040. The number of rotatable bonds is 10. The first-order valence-electron chi connectivity index (χ1n) is 10.5. The van der Waals surface area contributed by atoms with Crippen LogP contribution in [-0.2, 0) is 26.6 Å². The topological polar surface area (TPSA) is 93.7 Å². The van der Waals surface area contributed by atoms with E-state index < -0.39 is 21.9 Å². The summed E-state index contributed by atoms with van der Waals surface area (Å²) in [6.45, 7) is 9.09.